The molecular formula is C12H15O4. The lowest BCUT2D eigenvalue weighted by Gasteiger charge is -2.14. The van der Waals surface area contributed by atoms with Gasteiger partial charge in [-0.2, -0.15) is 0 Å². The second-order valence-corrected chi connectivity index (χ2v) is 3.06. The monoisotopic (exact) mass is 223 g/mol. The minimum atomic E-state index is -0.0993. The van der Waals surface area contributed by atoms with Gasteiger partial charge in [-0.05, 0) is 19.1 Å². The zero-order valence-corrected chi connectivity index (χ0v) is 9.70. The van der Waals surface area contributed by atoms with E-state index >= 15 is 0 Å². The summed E-state index contributed by atoms with van der Waals surface area (Å²) in [5.74, 6) is 1.23. The van der Waals surface area contributed by atoms with Crippen LogP contribution in [0.25, 0.3) is 0 Å². The molecule has 0 bridgehead atoms. The minimum absolute atomic E-state index is 0.0993. The Hall–Kier alpha value is -1.71. The highest BCUT2D eigenvalue weighted by Crippen LogP contribution is 2.39. The second-order valence-electron chi connectivity index (χ2n) is 3.06. The fraction of sp³-hybridized carbons (Fsp3) is 0.333. The fourth-order valence-electron chi connectivity index (χ4n) is 1.46. The van der Waals surface area contributed by atoms with Crippen molar-refractivity contribution in [3.05, 3.63) is 24.6 Å². The number of methoxy groups -OCH3 is 3. The van der Waals surface area contributed by atoms with Crippen LogP contribution in [-0.4, -0.2) is 27.1 Å². The average Bonchev–Trinajstić information content (AvgIpc) is 2.35. The number of carbonyl (C=O) groups is 1. The summed E-state index contributed by atoms with van der Waals surface area (Å²) in [5.41, 5.74) is 0.454. The molecule has 4 nitrogen and oxygen atoms in total. The molecule has 0 unspecified atom stereocenters. The molecule has 1 aromatic rings. The predicted octanol–water partition coefficient (Wildman–Crippen LogP) is 2.12. The van der Waals surface area contributed by atoms with Crippen LogP contribution in [0.15, 0.2) is 12.1 Å². The van der Waals surface area contributed by atoms with Crippen LogP contribution in [0, 0.1) is 6.92 Å². The van der Waals surface area contributed by atoms with Crippen LogP contribution in [0.1, 0.15) is 16.8 Å². The Kier molecular flexibility index (Phi) is 4.17. The molecule has 87 valence electrons. The normalized spacial score (nSPS) is 9.75. The molecule has 0 N–H and O–H groups in total. The predicted molar refractivity (Wildman–Crippen MR) is 60.4 cm³/mol. The number of ether oxygens (including phenoxy) is 3. The van der Waals surface area contributed by atoms with Crippen molar-refractivity contribution in [2.45, 2.75) is 6.42 Å². The maximum atomic E-state index is 11.6. The van der Waals surface area contributed by atoms with Crippen LogP contribution < -0.4 is 14.2 Å². The molecule has 0 fully saturated rings. The van der Waals surface area contributed by atoms with Crippen LogP contribution in [0.4, 0.5) is 0 Å². The van der Waals surface area contributed by atoms with Crippen LogP contribution in [-0.2, 0) is 0 Å². The van der Waals surface area contributed by atoms with Gasteiger partial charge in [-0.15, -0.1) is 0 Å². The lowest BCUT2D eigenvalue weighted by atomic mass is 10.1. The van der Waals surface area contributed by atoms with Crippen molar-refractivity contribution < 1.29 is 19.0 Å². The molecule has 0 aliphatic heterocycles. The molecule has 0 aromatic heterocycles. The molecule has 1 radical (unpaired) electrons. The Bertz CT molecular complexity index is 385. The van der Waals surface area contributed by atoms with E-state index in [1.165, 1.54) is 21.3 Å². The van der Waals surface area contributed by atoms with E-state index in [2.05, 4.69) is 6.92 Å². The van der Waals surface area contributed by atoms with E-state index in [9.17, 15) is 4.79 Å². The molecule has 1 aromatic carbocycles. The first kappa shape index (κ1) is 12.4. The number of rotatable bonds is 5. The largest absolute Gasteiger partial charge is 0.493 e. The van der Waals surface area contributed by atoms with Crippen LogP contribution >= 0.6 is 0 Å². The van der Waals surface area contributed by atoms with Crippen molar-refractivity contribution in [2.24, 2.45) is 0 Å². The molecule has 4 heteroatoms. The van der Waals surface area contributed by atoms with E-state index in [1.54, 1.807) is 12.1 Å². The van der Waals surface area contributed by atoms with E-state index in [1.807, 2.05) is 0 Å². The van der Waals surface area contributed by atoms with E-state index < -0.39 is 0 Å². The second kappa shape index (κ2) is 5.39. The summed E-state index contributed by atoms with van der Waals surface area (Å²) in [6.07, 6.45) is 0.172. The highest BCUT2D eigenvalue weighted by atomic mass is 16.5. The van der Waals surface area contributed by atoms with Gasteiger partial charge < -0.3 is 14.2 Å². The van der Waals surface area contributed by atoms with Gasteiger partial charge in [0.05, 0.1) is 26.9 Å². The molecule has 0 aliphatic carbocycles. The molecule has 0 heterocycles. The van der Waals surface area contributed by atoms with Crippen LogP contribution in [0.5, 0.6) is 17.2 Å². The van der Waals surface area contributed by atoms with Gasteiger partial charge in [0.25, 0.3) is 0 Å². The number of benzene rings is 1. The van der Waals surface area contributed by atoms with Gasteiger partial charge in [0.2, 0.25) is 5.75 Å². The molecule has 1 rings (SSSR count). The third-order valence-corrected chi connectivity index (χ3v) is 2.23. The SMILES string of the molecule is [CH2]CC(=O)c1ccc(OC)c(OC)c1OC. The van der Waals surface area contributed by atoms with E-state index in [0.717, 1.165) is 0 Å². The summed E-state index contributed by atoms with van der Waals surface area (Å²) in [5, 5.41) is 0. The standard InChI is InChI=1S/C12H15O4/c1-5-9(13)8-6-7-10(14-2)12(16-4)11(8)15-3/h6-7H,1,5H2,2-4H3. The van der Waals surface area contributed by atoms with E-state index in [-0.39, 0.29) is 12.2 Å². The number of hydrogen-bond acceptors (Lipinski definition) is 4. The highest BCUT2D eigenvalue weighted by Gasteiger charge is 2.19. The quantitative estimate of drug-likeness (QED) is 0.717. The summed E-state index contributed by atoms with van der Waals surface area (Å²) in [7, 11) is 4.51. The molecule has 0 amide bonds. The zero-order chi connectivity index (χ0) is 12.1. The Balaban J connectivity index is 3.37. The first-order chi connectivity index (χ1) is 7.69. The van der Waals surface area contributed by atoms with Crippen molar-refractivity contribution in [1.29, 1.82) is 0 Å². The first-order valence-electron chi connectivity index (χ1n) is 4.81. The molecule has 0 aliphatic rings. The van der Waals surface area contributed by atoms with Gasteiger partial charge in [-0.3, -0.25) is 4.79 Å². The maximum absolute atomic E-state index is 11.6. The summed E-state index contributed by atoms with van der Waals surface area (Å²) < 4.78 is 15.5. The Morgan fingerprint density at radius 3 is 2.19 bits per heavy atom. The van der Waals surface area contributed by atoms with E-state index in [0.29, 0.717) is 22.8 Å². The van der Waals surface area contributed by atoms with Crippen molar-refractivity contribution >= 4 is 5.78 Å². The van der Waals surface area contributed by atoms with Crippen LogP contribution in [0.2, 0.25) is 0 Å². The van der Waals surface area contributed by atoms with Gasteiger partial charge in [-0.25, -0.2) is 0 Å². The molecular weight excluding hydrogens is 208 g/mol. The van der Waals surface area contributed by atoms with Crippen molar-refractivity contribution in [1.82, 2.24) is 0 Å². The fourth-order valence-corrected chi connectivity index (χ4v) is 1.46. The van der Waals surface area contributed by atoms with Gasteiger partial charge in [-0.1, -0.05) is 0 Å². The minimum Gasteiger partial charge on any atom is -0.493 e. The van der Waals surface area contributed by atoms with Gasteiger partial charge in [0, 0.05) is 6.42 Å². The highest BCUT2D eigenvalue weighted by molar-refractivity contribution is 6.00. The number of ketones is 1. The number of hydrogen-bond donors (Lipinski definition) is 0. The summed E-state index contributed by atoms with van der Waals surface area (Å²) in [4.78, 5) is 11.6. The number of carbonyl (C=O) groups excluding carboxylic acids is 1. The molecule has 0 spiro atoms. The maximum Gasteiger partial charge on any atom is 0.204 e. The summed E-state index contributed by atoms with van der Waals surface area (Å²) in [6.45, 7) is 3.56. The number of Topliss-reactive ketones (excluding diaryl/α,β-unsaturated/α-hetero) is 1. The third-order valence-electron chi connectivity index (χ3n) is 2.23. The van der Waals surface area contributed by atoms with Gasteiger partial charge in [0.15, 0.2) is 17.3 Å². The Morgan fingerprint density at radius 1 is 1.12 bits per heavy atom. The lowest BCUT2D eigenvalue weighted by molar-refractivity contribution is 0.0991. The smallest absolute Gasteiger partial charge is 0.204 e. The Labute approximate surface area is 95.1 Å². The van der Waals surface area contributed by atoms with Gasteiger partial charge in [0.1, 0.15) is 0 Å². The van der Waals surface area contributed by atoms with Crippen LogP contribution in [0.3, 0.4) is 0 Å². The topological polar surface area (TPSA) is 44.8 Å². The van der Waals surface area contributed by atoms with E-state index in [4.69, 9.17) is 14.2 Å². The molecule has 0 saturated carbocycles. The third kappa shape index (κ3) is 2.10. The lowest BCUT2D eigenvalue weighted by Crippen LogP contribution is -2.03. The molecule has 0 atom stereocenters. The van der Waals surface area contributed by atoms with Crippen molar-refractivity contribution in [3.8, 4) is 17.2 Å². The summed E-state index contributed by atoms with van der Waals surface area (Å²) >= 11 is 0. The Morgan fingerprint density at radius 2 is 1.75 bits per heavy atom. The first-order valence-corrected chi connectivity index (χ1v) is 4.81. The van der Waals surface area contributed by atoms with Crippen molar-refractivity contribution in [2.75, 3.05) is 21.3 Å². The average molecular weight is 223 g/mol. The zero-order valence-electron chi connectivity index (χ0n) is 9.70. The van der Waals surface area contributed by atoms with Crippen molar-refractivity contribution in [3.63, 3.8) is 0 Å². The molecule has 0 saturated heterocycles. The van der Waals surface area contributed by atoms with Gasteiger partial charge >= 0.3 is 0 Å². The molecule has 16 heavy (non-hydrogen) atoms. The summed E-state index contributed by atoms with van der Waals surface area (Å²) in [6, 6.07) is 3.32.